The van der Waals surface area contributed by atoms with Crippen molar-refractivity contribution in [1.29, 1.82) is 0 Å². The number of aliphatic hydroxyl groups is 1. The number of carboxylic acid groups (broad SMARTS) is 1. The van der Waals surface area contributed by atoms with E-state index >= 15 is 0 Å². The zero-order valence-electron chi connectivity index (χ0n) is 12.6. The summed E-state index contributed by atoms with van der Waals surface area (Å²) in [6.45, 7) is 3.43. The Morgan fingerprint density at radius 3 is 2.71 bits per heavy atom. The number of amides is 1. The predicted molar refractivity (Wildman–Crippen MR) is 81.1 cm³/mol. The van der Waals surface area contributed by atoms with Crippen molar-refractivity contribution in [2.75, 3.05) is 5.75 Å². The first-order valence-electron chi connectivity index (χ1n) is 7.39. The number of hydrogen-bond acceptors (Lipinski definition) is 5. The molecule has 0 bridgehead atoms. The second kappa shape index (κ2) is 9.27. The lowest BCUT2D eigenvalue weighted by atomic mass is 10.1. The fraction of sp³-hybridized carbons (Fsp3) is 0.857. The maximum atomic E-state index is 11.1. The van der Waals surface area contributed by atoms with Crippen LogP contribution in [-0.2, 0) is 14.3 Å². The third-order valence-electron chi connectivity index (χ3n) is 3.43. The molecule has 0 spiro atoms. The number of ether oxygens (including phenoxy) is 1. The molecule has 0 aliphatic carbocycles. The molecule has 1 aliphatic rings. The monoisotopic (exact) mass is 319 g/mol. The molecular formula is C14H25NO5S. The summed E-state index contributed by atoms with van der Waals surface area (Å²) in [5.41, 5.74) is 0. The van der Waals surface area contributed by atoms with Gasteiger partial charge >= 0.3 is 5.97 Å². The van der Waals surface area contributed by atoms with E-state index in [-0.39, 0.29) is 23.0 Å². The van der Waals surface area contributed by atoms with Crippen molar-refractivity contribution in [3.8, 4) is 0 Å². The third kappa shape index (κ3) is 6.67. The first-order chi connectivity index (χ1) is 9.93. The molecule has 1 fully saturated rings. The van der Waals surface area contributed by atoms with Crippen LogP contribution in [0.3, 0.4) is 0 Å². The summed E-state index contributed by atoms with van der Waals surface area (Å²) in [7, 11) is 0. The summed E-state index contributed by atoms with van der Waals surface area (Å²) in [6, 6.07) is -0.901. The van der Waals surface area contributed by atoms with Gasteiger partial charge in [0.15, 0.2) is 6.29 Å². The number of hydrogen-bond donors (Lipinski definition) is 3. The maximum absolute atomic E-state index is 11.1. The van der Waals surface area contributed by atoms with E-state index < -0.39 is 18.3 Å². The molecule has 21 heavy (non-hydrogen) atoms. The first kappa shape index (κ1) is 18.3. The van der Waals surface area contributed by atoms with Gasteiger partial charge in [-0.3, -0.25) is 4.79 Å². The van der Waals surface area contributed by atoms with Gasteiger partial charge in [-0.25, -0.2) is 4.79 Å². The lowest BCUT2D eigenvalue weighted by Gasteiger charge is -2.20. The van der Waals surface area contributed by atoms with Crippen molar-refractivity contribution < 1.29 is 24.5 Å². The zero-order valence-corrected chi connectivity index (χ0v) is 13.4. The molecule has 1 saturated heterocycles. The highest BCUT2D eigenvalue weighted by Gasteiger charge is 2.35. The molecule has 1 heterocycles. The third-order valence-corrected chi connectivity index (χ3v) is 4.88. The minimum Gasteiger partial charge on any atom is -0.480 e. The van der Waals surface area contributed by atoms with Crippen LogP contribution in [-0.4, -0.2) is 51.5 Å². The number of carbonyl (C=O) groups excluding carboxylic acids is 1. The highest BCUT2D eigenvalue weighted by molar-refractivity contribution is 8.00. The fourth-order valence-corrected chi connectivity index (χ4v) is 3.74. The highest BCUT2D eigenvalue weighted by Crippen LogP contribution is 2.33. The molecule has 1 aliphatic heterocycles. The number of rotatable bonds is 9. The van der Waals surface area contributed by atoms with E-state index in [1.807, 2.05) is 0 Å². The van der Waals surface area contributed by atoms with E-state index in [1.165, 1.54) is 18.7 Å². The van der Waals surface area contributed by atoms with Gasteiger partial charge in [0.25, 0.3) is 0 Å². The van der Waals surface area contributed by atoms with Crippen molar-refractivity contribution in [3.63, 3.8) is 0 Å². The second-order valence-electron chi connectivity index (χ2n) is 5.32. The van der Waals surface area contributed by atoms with E-state index in [4.69, 9.17) is 9.84 Å². The summed E-state index contributed by atoms with van der Waals surface area (Å²) in [5, 5.41) is 21.2. The van der Waals surface area contributed by atoms with Crippen LogP contribution in [0.2, 0.25) is 0 Å². The van der Waals surface area contributed by atoms with Crippen molar-refractivity contribution in [2.45, 2.75) is 69.6 Å². The Morgan fingerprint density at radius 2 is 2.14 bits per heavy atom. The summed E-state index contributed by atoms with van der Waals surface area (Å²) < 4.78 is 5.49. The summed E-state index contributed by atoms with van der Waals surface area (Å²) in [6.07, 6.45) is 3.86. The topological polar surface area (TPSA) is 95.9 Å². The number of unbranched alkanes of at least 4 members (excludes halogenated alkanes) is 2. The van der Waals surface area contributed by atoms with Crippen molar-refractivity contribution in [3.05, 3.63) is 0 Å². The van der Waals surface area contributed by atoms with Crippen LogP contribution in [0.5, 0.6) is 0 Å². The minimum atomic E-state index is -1.04. The number of carbonyl (C=O) groups is 2. The molecule has 0 unspecified atom stereocenters. The van der Waals surface area contributed by atoms with Crippen LogP contribution in [0.25, 0.3) is 0 Å². The van der Waals surface area contributed by atoms with Crippen LogP contribution in [0.4, 0.5) is 0 Å². The molecule has 0 saturated carbocycles. The maximum Gasteiger partial charge on any atom is 0.327 e. The summed E-state index contributed by atoms with van der Waals surface area (Å²) >= 11 is 1.45. The van der Waals surface area contributed by atoms with Gasteiger partial charge in [-0.2, -0.15) is 11.8 Å². The number of aliphatic hydroxyl groups excluding tert-OH is 1. The Balaban J connectivity index is 2.45. The van der Waals surface area contributed by atoms with Crippen molar-refractivity contribution in [2.24, 2.45) is 0 Å². The van der Waals surface area contributed by atoms with Gasteiger partial charge in [-0.1, -0.05) is 26.2 Å². The fourth-order valence-electron chi connectivity index (χ4n) is 2.36. The average molecular weight is 319 g/mol. The van der Waals surface area contributed by atoms with Crippen molar-refractivity contribution in [1.82, 2.24) is 5.32 Å². The highest BCUT2D eigenvalue weighted by atomic mass is 32.2. The Morgan fingerprint density at radius 1 is 1.43 bits per heavy atom. The lowest BCUT2D eigenvalue weighted by molar-refractivity contribution is -0.140. The Bertz CT molecular complexity index is 352. The number of carboxylic acids is 1. The molecule has 0 aromatic rings. The number of thioether (sulfide) groups is 1. The zero-order chi connectivity index (χ0) is 15.8. The van der Waals surface area contributed by atoms with Gasteiger partial charge in [0.1, 0.15) is 6.04 Å². The van der Waals surface area contributed by atoms with E-state index in [0.29, 0.717) is 6.42 Å². The van der Waals surface area contributed by atoms with E-state index in [9.17, 15) is 14.7 Å². The van der Waals surface area contributed by atoms with Gasteiger partial charge in [0.05, 0.1) is 6.10 Å². The van der Waals surface area contributed by atoms with Crippen LogP contribution in [0.1, 0.15) is 46.0 Å². The van der Waals surface area contributed by atoms with Gasteiger partial charge in [-0.05, 0) is 6.42 Å². The predicted octanol–water partition coefficient (Wildman–Crippen LogP) is 1.37. The lowest BCUT2D eigenvalue weighted by Crippen LogP contribution is -2.42. The molecule has 1 amide bonds. The molecular weight excluding hydrogens is 294 g/mol. The smallest absolute Gasteiger partial charge is 0.327 e. The summed E-state index contributed by atoms with van der Waals surface area (Å²) in [4.78, 5) is 22.1. The molecule has 1 rings (SSSR count). The SMILES string of the molecule is CCCCC[C@H]1O[C@@H](O)C[C@@H]1SC[C@H](NC(C)=O)C(=O)O. The Kier molecular flexibility index (Phi) is 8.06. The molecule has 4 atom stereocenters. The standard InChI is InChI=1S/C14H25NO5S/c1-3-4-5-6-11-12(7-13(17)20-11)21-8-10(14(18)19)15-9(2)16/h10-13,17H,3-8H2,1-2H3,(H,15,16)(H,18,19)/t10-,11+,12-,13+/m0/s1. The van der Waals surface area contributed by atoms with Crippen molar-refractivity contribution >= 4 is 23.6 Å². The number of aliphatic carboxylic acids is 1. The average Bonchev–Trinajstić information content (AvgIpc) is 2.74. The van der Waals surface area contributed by atoms with Gasteiger partial charge in [0, 0.05) is 24.3 Å². The molecule has 6 nitrogen and oxygen atoms in total. The van der Waals surface area contributed by atoms with Gasteiger partial charge in [0.2, 0.25) is 5.91 Å². The molecule has 0 aromatic heterocycles. The normalized spacial score (nSPS) is 26.5. The van der Waals surface area contributed by atoms with Crippen LogP contribution in [0, 0.1) is 0 Å². The van der Waals surface area contributed by atoms with E-state index in [1.54, 1.807) is 0 Å². The largest absolute Gasteiger partial charge is 0.480 e. The minimum absolute atomic E-state index is 0.0386. The van der Waals surface area contributed by atoms with Crippen LogP contribution >= 0.6 is 11.8 Å². The van der Waals surface area contributed by atoms with Gasteiger partial charge < -0.3 is 20.3 Å². The number of nitrogens with one attached hydrogen (secondary N) is 1. The molecule has 7 heteroatoms. The van der Waals surface area contributed by atoms with Crippen LogP contribution < -0.4 is 5.32 Å². The Hall–Kier alpha value is -0.790. The van der Waals surface area contributed by atoms with Crippen LogP contribution in [0.15, 0.2) is 0 Å². The quantitative estimate of drug-likeness (QED) is 0.555. The molecule has 0 aromatic carbocycles. The van der Waals surface area contributed by atoms with E-state index in [2.05, 4.69) is 12.2 Å². The molecule has 0 radical (unpaired) electrons. The van der Waals surface area contributed by atoms with E-state index in [0.717, 1.165) is 25.7 Å². The second-order valence-corrected chi connectivity index (χ2v) is 6.60. The molecule has 122 valence electrons. The molecule has 3 N–H and O–H groups in total. The first-order valence-corrected chi connectivity index (χ1v) is 8.44. The Labute approximate surface area is 129 Å². The van der Waals surface area contributed by atoms with Gasteiger partial charge in [-0.15, -0.1) is 0 Å². The summed E-state index contributed by atoms with van der Waals surface area (Å²) in [5.74, 6) is -1.12.